The van der Waals surface area contributed by atoms with Gasteiger partial charge in [-0.05, 0) is 30.5 Å². The maximum absolute atomic E-state index is 13.4. The molecule has 0 radical (unpaired) electrons. The summed E-state index contributed by atoms with van der Waals surface area (Å²) in [6.07, 6.45) is 6.57. The number of furan rings is 1. The third kappa shape index (κ3) is 3.42. The molecule has 0 aliphatic carbocycles. The minimum absolute atomic E-state index is 0.0547. The summed E-state index contributed by atoms with van der Waals surface area (Å²) in [5, 5.41) is 9.43. The molecule has 28 heavy (non-hydrogen) atoms. The second-order valence-electron chi connectivity index (χ2n) is 6.99. The maximum Gasteiger partial charge on any atom is 0.263 e. The first-order valence-electron chi connectivity index (χ1n) is 9.28. The van der Waals surface area contributed by atoms with Crippen LogP contribution in [0.15, 0.2) is 58.3 Å². The first kappa shape index (κ1) is 18.0. The Kier molecular flexibility index (Phi) is 4.96. The van der Waals surface area contributed by atoms with Crippen LogP contribution in [0.1, 0.15) is 24.0 Å². The summed E-state index contributed by atoms with van der Waals surface area (Å²) >= 11 is 0. The van der Waals surface area contributed by atoms with E-state index < -0.39 is 0 Å². The predicted molar refractivity (Wildman–Crippen MR) is 106 cm³/mol. The van der Waals surface area contributed by atoms with Crippen molar-refractivity contribution in [3.63, 3.8) is 0 Å². The van der Waals surface area contributed by atoms with Gasteiger partial charge in [-0.15, -0.1) is 0 Å². The topological polar surface area (TPSA) is 101 Å². The lowest BCUT2D eigenvalue weighted by Crippen LogP contribution is -2.45. The molecule has 7 nitrogen and oxygen atoms in total. The first-order valence-corrected chi connectivity index (χ1v) is 9.28. The third-order valence-corrected chi connectivity index (χ3v) is 5.07. The Morgan fingerprint density at radius 1 is 1.32 bits per heavy atom. The van der Waals surface area contributed by atoms with Crippen LogP contribution in [0.4, 0.5) is 5.95 Å². The molecule has 1 atom stereocenters. The normalized spacial score (nSPS) is 16.7. The van der Waals surface area contributed by atoms with Crippen molar-refractivity contribution < 1.29 is 4.42 Å². The van der Waals surface area contributed by atoms with Crippen LogP contribution in [0.3, 0.4) is 0 Å². The van der Waals surface area contributed by atoms with Crippen LogP contribution in [-0.2, 0) is 6.54 Å². The number of nitrogens with two attached hydrogens (primary N) is 1. The Hall–Kier alpha value is -3.37. The van der Waals surface area contributed by atoms with E-state index in [4.69, 9.17) is 10.2 Å². The van der Waals surface area contributed by atoms with E-state index in [9.17, 15) is 10.1 Å². The van der Waals surface area contributed by atoms with Crippen molar-refractivity contribution >= 4 is 5.95 Å². The molecule has 2 aromatic heterocycles. The van der Waals surface area contributed by atoms with E-state index in [2.05, 4.69) is 16.0 Å². The molecule has 142 valence electrons. The third-order valence-electron chi connectivity index (χ3n) is 5.07. The lowest BCUT2D eigenvalue weighted by atomic mass is 10.1. The fourth-order valence-corrected chi connectivity index (χ4v) is 3.62. The molecule has 1 saturated heterocycles. The van der Waals surface area contributed by atoms with Gasteiger partial charge in [-0.2, -0.15) is 5.26 Å². The molecule has 1 aliphatic heterocycles. The van der Waals surface area contributed by atoms with Gasteiger partial charge in [-0.1, -0.05) is 18.2 Å². The SMILES string of the molecule is N#Cc1ccccc1Cn1c(N2CCCC(N)C2)ncc(-c2ccoc2)c1=O. The van der Waals surface area contributed by atoms with Gasteiger partial charge in [0.05, 0.1) is 36.3 Å². The van der Waals surface area contributed by atoms with Crippen molar-refractivity contribution in [1.82, 2.24) is 9.55 Å². The quantitative estimate of drug-likeness (QED) is 0.751. The highest BCUT2D eigenvalue weighted by Gasteiger charge is 2.23. The number of benzene rings is 1. The summed E-state index contributed by atoms with van der Waals surface area (Å²) in [5.74, 6) is 0.583. The highest BCUT2D eigenvalue weighted by molar-refractivity contribution is 5.61. The number of rotatable bonds is 4. The number of anilines is 1. The summed E-state index contributed by atoms with van der Waals surface area (Å²) in [7, 11) is 0. The number of nitrogens with zero attached hydrogens (tertiary/aromatic N) is 4. The van der Waals surface area contributed by atoms with Gasteiger partial charge < -0.3 is 15.1 Å². The first-order chi connectivity index (χ1) is 13.7. The zero-order valence-electron chi connectivity index (χ0n) is 15.4. The van der Waals surface area contributed by atoms with Crippen LogP contribution in [0.25, 0.3) is 11.1 Å². The number of hydrogen-bond donors (Lipinski definition) is 1. The number of piperidine rings is 1. The second kappa shape index (κ2) is 7.71. The molecule has 3 aromatic rings. The zero-order chi connectivity index (χ0) is 19.5. The number of aromatic nitrogens is 2. The van der Waals surface area contributed by atoms with E-state index >= 15 is 0 Å². The highest BCUT2D eigenvalue weighted by atomic mass is 16.3. The molecular formula is C21H21N5O2. The summed E-state index contributed by atoms with van der Waals surface area (Å²) in [5.41, 5.74) is 8.45. The number of hydrogen-bond acceptors (Lipinski definition) is 6. The van der Waals surface area contributed by atoms with E-state index in [1.54, 1.807) is 22.9 Å². The Morgan fingerprint density at radius 2 is 2.18 bits per heavy atom. The molecule has 1 unspecified atom stereocenters. The number of nitriles is 1. The average Bonchev–Trinajstić information content (AvgIpc) is 3.24. The minimum atomic E-state index is -0.168. The Morgan fingerprint density at radius 3 is 2.93 bits per heavy atom. The molecule has 2 N–H and O–H groups in total. The maximum atomic E-state index is 13.4. The van der Waals surface area contributed by atoms with E-state index in [-0.39, 0.29) is 18.1 Å². The fraction of sp³-hybridized carbons (Fsp3) is 0.286. The van der Waals surface area contributed by atoms with E-state index in [0.717, 1.165) is 24.9 Å². The van der Waals surface area contributed by atoms with Gasteiger partial charge in [0.2, 0.25) is 5.95 Å². The largest absolute Gasteiger partial charge is 0.472 e. The second-order valence-corrected chi connectivity index (χ2v) is 6.99. The molecule has 4 rings (SSSR count). The summed E-state index contributed by atoms with van der Waals surface area (Å²) < 4.78 is 6.77. The van der Waals surface area contributed by atoms with Gasteiger partial charge in [0.25, 0.3) is 5.56 Å². The highest BCUT2D eigenvalue weighted by Crippen LogP contribution is 2.22. The van der Waals surface area contributed by atoms with Crippen molar-refractivity contribution in [2.45, 2.75) is 25.4 Å². The van der Waals surface area contributed by atoms with Gasteiger partial charge >= 0.3 is 0 Å². The monoisotopic (exact) mass is 375 g/mol. The van der Waals surface area contributed by atoms with Crippen molar-refractivity contribution in [3.8, 4) is 17.2 Å². The Bertz CT molecular complexity index is 1070. The van der Waals surface area contributed by atoms with E-state index in [0.29, 0.717) is 29.2 Å². The minimum Gasteiger partial charge on any atom is -0.472 e. The molecule has 0 amide bonds. The molecule has 7 heteroatoms. The van der Waals surface area contributed by atoms with Gasteiger partial charge in [-0.3, -0.25) is 9.36 Å². The summed E-state index contributed by atoms with van der Waals surface area (Å²) in [6.45, 7) is 1.71. The van der Waals surface area contributed by atoms with E-state index in [1.165, 1.54) is 12.5 Å². The summed E-state index contributed by atoms with van der Waals surface area (Å²) in [4.78, 5) is 20.0. The Labute approximate surface area is 162 Å². The summed E-state index contributed by atoms with van der Waals surface area (Å²) in [6, 6.07) is 11.3. The van der Waals surface area contributed by atoms with Gasteiger partial charge in [0, 0.05) is 30.9 Å². The lowest BCUT2D eigenvalue weighted by molar-refractivity contribution is 0.491. The molecule has 0 saturated carbocycles. The van der Waals surface area contributed by atoms with Gasteiger partial charge in [0.15, 0.2) is 0 Å². The smallest absolute Gasteiger partial charge is 0.263 e. The van der Waals surface area contributed by atoms with Gasteiger partial charge in [-0.25, -0.2) is 4.98 Å². The molecule has 1 aromatic carbocycles. The fourth-order valence-electron chi connectivity index (χ4n) is 3.62. The molecule has 1 fully saturated rings. The van der Waals surface area contributed by atoms with Crippen LogP contribution < -0.4 is 16.2 Å². The van der Waals surface area contributed by atoms with Crippen LogP contribution in [-0.4, -0.2) is 28.7 Å². The molecule has 1 aliphatic rings. The predicted octanol–water partition coefficient (Wildman–Crippen LogP) is 2.35. The van der Waals surface area contributed by atoms with Crippen LogP contribution >= 0.6 is 0 Å². The molecule has 0 bridgehead atoms. The van der Waals surface area contributed by atoms with Crippen molar-refractivity contribution in [2.75, 3.05) is 18.0 Å². The lowest BCUT2D eigenvalue weighted by Gasteiger charge is -2.33. The molecule has 0 spiro atoms. The van der Waals surface area contributed by atoms with Gasteiger partial charge in [0.1, 0.15) is 0 Å². The van der Waals surface area contributed by atoms with Crippen LogP contribution in [0.5, 0.6) is 0 Å². The van der Waals surface area contributed by atoms with Crippen LogP contribution in [0, 0.1) is 11.3 Å². The van der Waals surface area contributed by atoms with Crippen molar-refractivity contribution in [1.29, 1.82) is 5.26 Å². The van der Waals surface area contributed by atoms with E-state index in [1.807, 2.05) is 18.2 Å². The molecular weight excluding hydrogens is 354 g/mol. The Balaban J connectivity index is 1.83. The molecule has 3 heterocycles. The standard InChI is InChI=1S/C21H21N5O2/c22-10-15-4-1-2-5-16(15)12-26-20(27)19(17-7-9-28-14-17)11-24-21(26)25-8-3-6-18(23)13-25/h1-2,4-5,7,9,11,14,18H,3,6,8,12-13,23H2. The average molecular weight is 375 g/mol. The van der Waals surface area contributed by atoms with Crippen LogP contribution in [0.2, 0.25) is 0 Å². The van der Waals surface area contributed by atoms with Crippen molar-refractivity contribution in [2.24, 2.45) is 5.73 Å². The van der Waals surface area contributed by atoms with Crippen molar-refractivity contribution in [3.05, 3.63) is 70.5 Å². The zero-order valence-corrected chi connectivity index (χ0v) is 15.4.